The van der Waals surface area contributed by atoms with E-state index in [0.717, 1.165) is 35.0 Å². The third-order valence-corrected chi connectivity index (χ3v) is 5.16. The average molecular weight is 395 g/mol. The van der Waals surface area contributed by atoms with E-state index >= 15 is 0 Å². The molecular formula is C23H23ClN2O2. The largest absolute Gasteiger partial charge is 0.366 e. The molecule has 1 heterocycles. The molecule has 2 aromatic carbocycles. The number of fused-ring (bicyclic) bond motifs is 1. The first-order valence-corrected chi connectivity index (χ1v) is 9.71. The van der Waals surface area contributed by atoms with E-state index in [0.29, 0.717) is 22.7 Å². The molecule has 0 aliphatic heterocycles. The number of hydrogen-bond acceptors (Lipinski definition) is 2. The smallest absolute Gasteiger partial charge is 0.248 e. The lowest BCUT2D eigenvalue weighted by molar-refractivity contribution is 0.0999. The minimum atomic E-state index is -0.495. The molecule has 0 aliphatic rings. The van der Waals surface area contributed by atoms with Gasteiger partial charge in [0.2, 0.25) is 5.91 Å². The number of benzene rings is 2. The van der Waals surface area contributed by atoms with Crippen LogP contribution in [0.5, 0.6) is 0 Å². The molecule has 0 radical (unpaired) electrons. The van der Waals surface area contributed by atoms with Crippen LogP contribution >= 0.6 is 11.6 Å². The first-order valence-electron chi connectivity index (χ1n) is 9.33. The number of allylic oxidation sites excluding steroid dienone is 2. The van der Waals surface area contributed by atoms with Crippen LogP contribution in [0.3, 0.4) is 0 Å². The fraction of sp³-hybridized carbons (Fsp3) is 0.217. The van der Waals surface area contributed by atoms with Crippen molar-refractivity contribution in [2.45, 2.75) is 33.2 Å². The summed E-state index contributed by atoms with van der Waals surface area (Å²) in [6.07, 6.45) is 4.95. The Kier molecular flexibility index (Phi) is 6.00. The lowest BCUT2D eigenvalue weighted by Crippen LogP contribution is -2.11. The Hall–Kier alpha value is -2.85. The number of ketones is 1. The first-order chi connectivity index (χ1) is 13.5. The molecule has 3 aromatic rings. The van der Waals surface area contributed by atoms with Gasteiger partial charge in [0.1, 0.15) is 0 Å². The molecule has 28 heavy (non-hydrogen) atoms. The van der Waals surface area contributed by atoms with Crippen molar-refractivity contribution in [2.24, 2.45) is 5.73 Å². The van der Waals surface area contributed by atoms with Crippen LogP contribution in [0.2, 0.25) is 5.02 Å². The number of nitrogens with zero attached hydrogens (tertiary/aromatic N) is 1. The van der Waals surface area contributed by atoms with Gasteiger partial charge in [0, 0.05) is 28.2 Å². The van der Waals surface area contributed by atoms with Crippen LogP contribution < -0.4 is 5.73 Å². The topological polar surface area (TPSA) is 65.1 Å². The van der Waals surface area contributed by atoms with E-state index in [2.05, 4.69) is 11.5 Å². The van der Waals surface area contributed by atoms with Gasteiger partial charge in [-0.1, -0.05) is 55.3 Å². The predicted molar refractivity (Wildman–Crippen MR) is 114 cm³/mol. The number of carbonyl (C=O) groups excluding carboxylic acids is 2. The van der Waals surface area contributed by atoms with E-state index in [1.165, 1.54) is 0 Å². The van der Waals surface area contributed by atoms with Gasteiger partial charge >= 0.3 is 0 Å². The van der Waals surface area contributed by atoms with Crippen molar-refractivity contribution >= 4 is 34.2 Å². The van der Waals surface area contributed by atoms with Gasteiger partial charge in [0.05, 0.1) is 11.1 Å². The second-order valence-corrected chi connectivity index (χ2v) is 7.12. The van der Waals surface area contributed by atoms with Gasteiger partial charge in [-0.05, 0) is 43.2 Å². The Bertz CT molecular complexity index is 1080. The highest BCUT2D eigenvalue weighted by Gasteiger charge is 2.22. The average Bonchev–Trinajstić information content (AvgIpc) is 2.97. The highest BCUT2D eigenvalue weighted by atomic mass is 35.5. The highest BCUT2D eigenvalue weighted by Crippen LogP contribution is 2.31. The molecule has 0 saturated carbocycles. The third kappa shape index (κ3) is 3.73. The summed E-state index contributed by atoms with van der Waals surface area (Å²) in [7, 11) is 0. The van der Waals surface area contributed by atoms with Crippen LogP contribution in [0.15, 0.2) is 54.6 Å². The lowest BCUT2D eigenvalue weighted by Gasteiger charge is -2.13. The summed E-state index contributed by atoms with van der Waals surface area (Å²) < 4.78 is 2.09. The second kappa shape index (κ2) is 8.44. The van der Waals surface area contributed by atoms with Crippen molar-refractivity contribution in [3.63, 3.8) is 0 Å². The van der Waals surface area contributed by atoms with Crippen molar-refractivity contribution in [1.29, 1.82) is 0 Å². The van der Waals surface area contributed by atoms with Gasteiger partial charge in [-0.15, -0.1) is 0 Å². The molecular weight excluding hydrogens is 372 g/mol. The first kappa shape index (κ1) is 19.9. The van der Waals surface area contributed by atoms with Crippen molar-refractivity contribution in [3.8, 4) is 0 Å². The number of halogens is 1. The summed E-state index contributed by atoms with van der Waals surface area (Å²) >= 11 is 6.39. The summed E-state index contributed by atoms with van der Waals surface area (Å²) in [5.41, 5.74) is 9.30. The standard InChI is InChI=1S/C23H23ClN2O2/c1-3-7-19-22(21(27)8-4-2)17-12-11-15(23(25)28)13-20(17)26(19)14-16-9-5-6-10-18(16)24/h4-6,8-13H,3,7,14H2,1-2H3,(H2,25,28). The maximum Gasteiger partial charge on any atom is 0.248 e. The Labute approximate surface area is 169 Å². The predicted octanol–water partition coefficient (Wildman–Crippen LogP) is 5.15. The van der Waals surface area contributed by atoms with E-state index in [9.17, 15) is 9.59 Å². The number of nitrogens with two attached hydrogens (primary N) is 1. The molecule has 0 saturated heterocycles. The molecule has 4 nitrogen and oxygen atoms in total. The van der Waals surface area contributed by atoms with Gasteiger partial charge < -0.3 is 10.3 Å². The number of carbonyl (C=O) groups is 2. The zero-order valence-corrected chi connectivity index (χ0v) is 16.8. The minimum absolute atomic E-state index is 0.0410. The molecule has 2 N–H and O–H groups in total. The fourth-order valence-corrected chi connectivity index (χ4v) is 3.73. The molecule has 0 unspecified atom stereocenters. The summed E-state index contributed by atoms with van der Waals surface area (Å²) in [4.78, 5) is 24.6. The molecule has 0 atom stereocenters. The van der Waals surface area contributed by atoms with Crippen molar-refractivity contribution < 1.29 is 9.59 Å². The van der Waals surface area contributed by atoms with Crippen LogP contribution in [-0.2, 0) is 13.0 Å². The molecule has 144 valence electrons. The monoisotopic (exact) mass is 394 g/mol. The maximum atomic E-state index is 12.9. The summed E-state index contributed by atoms with van der Waals surface area (Å²) in [6.45, 7) is 4.42. The lowest BCUT2D eigenvalue weighted by atomic mass is 10.0. The van der Waals surface area contributed by atoms with E-state index < -0.39 is 5.91 Å². The zero-order valence-electron chi connectivity index (χ0n) is 16.0. The summed E-state index contributed by atoms with van der Waals surface area (Å²) in [5, 5.41) is 1.49. The summed E-state index contributed by atoms with van der Waals surface area (Å²) in [6, 6.07) is 12.9. The summed E-state index contributed by atoms with van der Waals surface area (Å²) in [5.74, 6) is -0.536. The molecule has 0 bridgehead atoms. The fourth-order valence-electron chi connectivity index (χ4n) is 3.54. The number of hydrogen-bond donors (Lipinski definition) is 1. The van der Waals surface area contributed by atoms with E-state index in [-0.39, 0.29) is 5.78 Å². The maximum absolute atomic E-state index is 12.9. The van der Waals surface area contributed by atoms with Crippen LogP contribution in [0.1, 0.15) is 52.2 Å². The van der Waals surface area contributed by atoms with Crippen molar-refractivity contribution in [2.75, 3.05) is 0 Å². The van der Waals surface area contributed by atoms with E-state index in [4.69, 9.17) is 17.3 Å². The van der Waals surface area contributed by atoms with Crippen LogP contribution in [0.25, 0.3) is 10.9 Å². The Morgan fingerprint density at radius 3 is 2.57 bits per heavy atom. The number of aromatic nitrogens is 1. The van der Waals surface area contributed by atoms with Crippen LogP contribution in [0.4, 0.5) is 0 Å². The van der Waals surface area contributed by atoms with Crippen molar-refractivity contribution in [3.05, 3.63) is 82.0 Å². The van der Waals surface area contributed by atoms with E-state index in [1.807, 2.05) is 37.3 Å². The quantitative estimate of drug-likeness (QED) is 0.444. The minimum Gasteiger partial charge on any atom is -0.366 e. The Morgan fingerprint density at radius 1 is 1.18 bits per heavy atom. The number of amides is 1. The Morgan fingerprint density at radius 2 is 1.93 bits per heavy atom. The second-order valence-electron chi connectivity index (χ2n) is 6.71. The van der Waals surface area contributed by atoms with Gasteiger partial charge in [-0.2, -0.15) is 0 Å². The third-order valence-electron chi connectivity index (χ3n) is 4.79. The molecule has 5 heteroatoms. The number of rotatable bonds is 7. The van der Waals surface area contributed by atoms with Crippen LogP contribution in [-0.4, -0.2) is 16.3 Å². The zero-order chi connectivity index (χ0) is 20.3. The van der Waals surface area contributed by atoms with E-state index in [1.54, 1.807) is 24.3 Å². The normalized spacial score (nSPS) is 11.4. The van der Waals surface area contributed by atoms with Crippen molar-refractivity contribution in [1.82, 2.24) is 4.57 Å². The molecule has 1 aromatic heterocycles. The van der Waals surface area contributed by atoms with Gasteiger partial charge in [0.25, 0.3) is 0 Å². The molecule has 0 fully saturated rings. The number of primary amides is 1. The Balaban J connectivity index is 2.32. The molecule has 3 rings (SSSR count). The van der Waals surface area contributed by atoms with Gasteiger partial charge in [0.15, 0.2) is 5.78 Å². The van der Waals surface area contributed by atoms with Gasteiger partial charge in [-0.25, -0.2) is 0 Å². The SMILES string of the molecule is CC=CC(=O)c1c(CCC)n(Cc2ccccc2Cl)c2cc(C(N)=O)ccc12. The molecule has 0 spiro atoms. The highest BCUT2D eigenvalue weighted by molar-refractivity contribution is 6.31. The van der Waals surface area contributed by atoms with Gasteiger partial charge in [-0.3, -0.25) is 9.59 Å². The molecule has 0 aliphatic carbocycles. The van der Waals surface area contributed by atoms with Crippen LogP contribution in [0, 0.1) is 0 Å². The molecule has 1 amide bonds.